The average molecular weight is 214 g/mol. The lowest BCUT2D eigenvalue weighted by Gasteiger charge is -1.96. The van der Waals surface area contributed by atoms with Gasteiger partial charge in [-0.15, -0.1) is 0 Å². The number of allylic oxidation sites excluding steroid dienone is 1. The number of hydrogen-bond acceptors (Lipinski definition) is 3. The fourth-order valence-electron chi connectivity index (χ4n) is 1.76. The Kier molecular flexibility index (Phi) is 3.04. The van der Waals surface area contributed by atoms with E-state index in [1.807, 2.05) is 13.8 Å². The molecule has 0 spiro atoms. The van der Waals surface area contributed by atoms with Crippen molar-refractivity contribution < 1.29 is 14.7 Å². The van der Waals surface area contributed by atoms with Crippen molar-refractivity contribution >= 4 is 22.8 Å². The topological polar surface area (TPSA) is 54.4 Å². The Morgan fingerprint density at radius 3 is 2.36 bits per heavy atom. The van der Waals surface area contributed by atoms with Gasteiger partial charge in [-0.2, -0.15) is 0 Å². The number of carbonyl (C=O) groups excluding carboxylic acids is 1. The molecule has 2 unspecified atom stereocenters. The monoisotopic (exact) mass is 214 g/mol. The SMILES string of the molecule is CSC(=O)/C=C/C1C(C(=O)O)C1(C)C. The zero-order chi connectivity index (χ0) is 10.9. The molecule has 0 radical (unpaired) electrons. The van der Waals surface area contributed by atoms with E-state index in [9.17, 15) is 9.59 Å². The summed E-state index contributed by atoms with van der Waals surface area (Å²) in [6.45, 7) is 3.81. The molecule has 0 amide bonds. The van der Waals surface area contributed by atoms with Crippen LogP contribution in [-0.2, 0) is 9.59 Å². The normalized spacial score (nSPS) is 29.1. The van der Waals surface area contributed by atoms with Gasteiger partial charge in [0.05, 0.1) is 5.92 Å². The quantitative estimate of drug-likeness (QED) is 0.728. The highest BCUT2D eigenvalue weighted by Crippen LogP contribution is 2.59. The molecule has 0 aliphatic heterocycles. The Morgan fingerprint density at radius 1 is 1.43 bits per heavy atom. The van der Waals surface area contributed by atoms with Crippen molar-refractivity contribution in [1.82, 2.24) is 0 Å². The third kappa shape index (κ3) is 2.00. The van der Waals surface area contributed by atoms with Crippen LogP contribution in [0.3, 0.4) is 0 Å². The van der Waals surface area contributed by atoms with Crippen LogP contribution in [0.2, 0.25) is 0 Å². The second-order valence-electron chi connectivity index (χ2n) is 4.05. The standard InChI is InChI=1S/C10H14O3S/c1-10(2)6(8(10)9(12)13)4-5-7(11)14-3/h4-6,8H,1-3H3,(H,12,13)/b5-4+. The maximum absolute atomic E-state index is 11.0. The molecule has 78 valence electrons. The van der Waals surface area contributed by atoms with Crippen LogP contribution >= 0.6 is 11.8 Å². The minimum absolute atomic E-state index is 0.00361. The van der Waals surface area contributed by atoms with Gasteiger partial charge in [-0.1, -0.05) is 31.7 Å². The molecule has 2 atom stereocenters. The van der Waals surface area contributed by atoms with E-state index < -0.39 is 5.97 Å². The predicted molar refractivity (Wildman–Crippen MR) is 56.1 cm³/mol. The van der Waals surface area contributed by atoms with E-state index in [1.54, 1.807) is 12.3 Å². The van der Waals surface area contributed by atoms with E-state index in [4.69, 9.17) is 5.11 Å². The van der Waals surface area contributed by atoms with E-state index in [0.29, 0.717) is 0 Å². The summed E-state index contributed by atoms with van der Waals surface area (Å²) in [5, 5.41) is 8.83. The Morgan fingerprint density at radius 2 is 2.00 bits per heavy atom. The van der Waals surface area contributed by atoms with Gasteiger partial charge in [0.15, 0.2) is 0 Å². The molecule has 0 bridgehead atoms. The highest BCUT2D eigenvalue weighted by Gasteiger charge is 2.60. The smallest absolute Gasteiger partial charge is 0.307 e. The predicted octanol–water partition coefficient (Wildman–Crippen LogP) is 1.79. The van der Waals surface area contributed by atoms with E-state index in [2.05, 4.69) is 0 Å². The molecule has 1 N–H and O–H groups in total. The Hall–Kier alpha value is -0.770. The van der Waals surface area contributed by atoms with Crippen LogP contribution in [0.4, 0.5) is 0 Å². The first-order valence-electron chi connectivity index (χ1n) is 4.40. The van der Waals surface area contributed by atoms with Gasteiger partial charge in [0.25, 0.3) is 0 Å². The number of carbonyl (C=O) groups is 2. The lowest BCUT2D eigenvalue weighted by atomic mass is 10.1. The van der Waals surface area contributed by atoms with Crippen molar-refractivity contribution in [3.8, 4) is 0 Å². The third-order valence-electron chi connectivity index (χ3n) is 2.82. The summed E-state index contributed by atoms with van der Waals surface area (Å²) in [6.07, 6.45) is 4.90. The van der Waals surface area contributed by atoms with E-state index >= 15 is 0 Å². The van der Waals surface area contributed by atoms with Gasteiger partial charge in [-0.25, -0.2) is 0 Å². The lowest BCUT2D eigenvalue weighted by Crippen LogP contribution is -2.03. The zero-order valence-corrected chi connectivity index (χ0v) is 9.30. The Balaban J connectivity index is 2.61. The highest BCUT2D eigenvalue weighted by atomic mass is 32.2. The van der Waals surface area contributed by atoms with Gasteiger partial charge in [0.2, 0.25) is 5.12 Å². The first-order valence-corrected chi connectivity index (χ1v) is 5.62. The van der Waals surface area contributed by atoms with Gasteiger partial charge in [-0.3, -0.25) is 9.59 Å². The van der Waals surface area contributed by atoms with E-state index in [1.165, 1.54) is 6.08 Å². The van der Waals surface area contributed by atoms with E-state index in [0.717, 1.165) is 11.8 Å². The molecule has 0 aromatic carbocycles. The average Bonchev–Trinajstić information content (AvgIpc) is 2.64. The Bertz CT molecular complexity index is 294. The van der Waals surface area contributed by atoms with Gasteiger partial charge in [0.1, 0.15) is 0 Å². The molecule has 1 aliphatic rings. The first kappa shape index (κ1) is 11.3. The number of carboxylic acid groups (broad SMARTS) is 1. The second-order valence-corrected chi connectivity index (χ2v) is 4.86. The Labute approximate surface area is 87.6 Å². The van der Waals surface area contributed by atoms with Crippen molar-refractivity contribution in [2.75, 3.05) is 6.26 Å². The van der Waals surface area contributed by atoms with Gasteiger partial charge < -0.3 is 5.11 Å². The van der Waals surface area contributed by atoms with Crippen LogP contribution in [0.15, 0.2) is 12.2 Å². The molecule has 14 heavy (non-hydrogen) atoms. The third-order valence-corrected chi connectivity index (χ3v) is 3.36. The number of hydrogen-bond donors (Lipinski definition) is 1. The van der Waals surface area contributed by atoms with Crippen molar-refractivity contribution in [3.63, 3.8) is 0 Å². The summed E-state index contributed by atoms with van der Waals surface area (Å²) in [7, 11) is 0. The molecular weight excluding hydrogens is 200 g/mol. The van der Waals surface area contributed by atoms with E-state index in [-0.39, 0.29) is 22.4 Å². The summed E-state index contributed by atoms with van der Waals surface area (Å²) >= 11 is 1.13. The van der Waals surface area contributed by atoms with Crippen LogP contribution in [0.25, 0.3) is 0 Å². The molecule has 4 heteroatoms. The molecule has 1 fully saturated rings. The minimum Gasteiger partial charge on any atom is -0.481 e. The van der Waals surface area contributed by atoms with Gasteiger partial charge in [0, 0.05) is 0 Å². The van der Waals surface area contributed by atoms with Gasteiger partial charge >= 0.3 is 5.97 Å². The molecule has 0 saturated heterocycles. The lowest BCUT2D eigenvalue weighted by molar-refractivity contribution is -0.139. The summed E-state index contributed by atoms with van der Waals surface area (Å²) in [6, 6.07) is 0. The summed E-state index contributed by atoms with van der Waals surface area (Å²) in [4.78, 5) is 21.7. The zero-order valence-electron chi connectivity index (χ0n) is 8.48. The van der Waals surface area contributed by atoms with Crippen LogP contribution < -0.4 is 0 Å². The van der Waals surface area contributed by atoms with Crippen LogP contribution in [0, 0.1) is 17.3 Å². The van der Waals surface area contributed by atoms with Crippen LogP contribution in [-0.4, -0.2) is 22.4 Å². The fraction of sp³-hybridized carbons (Fsp3) is 0.600. The second kappa shape index (κ2) is 3.77. The molecule has 0 heterocycles. The molecule has 1 aliphatic carbocycles. The summed E-state index contributed by atoms with van der Waals surface area (Å²) in [5.74, 6) is -1.12. The summed E-state index contributed by atoms with van der Waals surface area (Å²) < 4.78 is 0. The van der Waals surface area contributed by atoms with Crippen molar-refractivity contribution in [2.45, 2.75) is 13.8 Å². The van der Waals surface area contributed by atoms with Crippen molar-refractivity contribution in [3.05, 3.63) is 12.2 Å². The number of rotatable bonds is 3. The van der Waals surface area contributed by atoms with Crippen LogP contribution in [0.5, 0.6) is 0 Å². The van der Waals surface area contributed by atoms with Crippen molar-refractivity contribution in [1.29, 1.82) is 0 Å². The first-order chi connectivity index (χ1) is 6.41. The molecular formula is C10H14O3S. The molecule has 0 aromatic heterocycles. The molecule has 0 aromatic rings. The number of thioether (sulfide) groups is 1. The van der Waals surface area contributed by atoms with Gasteiger partial charge in [-0.05, 0) is 23.7 Å². The largest absolute Gasteiger partial charge is 0.481 e. The minimum atomic E-state index is -0.777. The molecule has 1 rings (SSSR count). The molecule has 3 nitrogen and oxygen atoms in total. The number of aliphatic carboxylic acids is 1. The van der Waals surface area contributed by atoms with Crippen molar-refractivity contribution in [2.24, 2.45) is 17.3 Å². The summed E-state index contributed by atoms with van der Waals surface area (Å²) in [5.41, 5.74) is -0.207. The maximum Gasteiger partial charge on any atom is 0.307 e. The highest BCUT2D eigenvalue weighted by molar-refractivity contribution is 8.13. The molecule has 1 saturated carbocycles. The maximum atomic E-state index is 11.0. The fourth-order valence-corrected chi connectivity index (χ4v) is 1.97. The van der Waals surface area contributed by atoms with Crippen LogP contribution in [0.1, 0.15) is 13.8 Å². The number of carboxylic acids is 1.